The highest BCUT2D eigenvalue weighted by molar-refractivity contribution is 5.76. The van der Waals surface area contributed by atoms with Crippen molar-refractivity contribution < 1.29 is 39.8 Å². The van der Waals surface area contributed by atoms with Crippen molar-refractivity contribution in [2.75, 3.05) is 13.2 Å². The zero-order valence-corrected chi connectivity index (χ0v) is 54.7. The maximum absolute atomic E-state index is 13.1. The maximum Gasteiger partial charge on any atom is 0.220 e. The number of amides is 1. The Bertz CT molecular complexity index is 1450. The number of aliphatic hydroxyl groups excluding tert-OH is 5. The van der Waals surface area contributed by atoms with Gasteiger partial charge in [-0.25, -0.2) is 0 Å². The van der Waals surface area contributed by atoms with Gasteiger partial charge < -0.3 is 40.3 Å². The third-order valence-electron chi connectivity index (χ3n) is 17.4. The normalized spacial score (nSPS) is 18.5. The maximum atomic E-state index is 13.1. The van der Waals surface area contributed by atoms with Crippen molar-refractivity contribution in [1.82, 2.24) is 5.32 Å². The molecule has 1 aliphatic rings. The monoisotopic (exact) mass is 1170 g/mol. The van der Waals surface area contributed by atoms with Crippen molar-refractivity contribution in [2.24, 2.45) is 0 Å². The lowest BCUT2D eigenvalue weighted by atomic mass is 9.99. The van der Waals surface area contributed by atoms with Crippen molar-refractivity contribution in [2.45, 2.75) is 403 Å². The first-order valence-electron chi connectivity index (χ1n) is 36.4. The van der Waals surface area contributed by atoms with Gasteiger partial charge in [-0.05, 0) is 70.6 Å². The van der Waals surface area contributed by atoms with E-state index < -0.39 is 49.5 Å². The van der Waals surface area contributed by atoms with Gasteiger partial charge in [0.05, 0.1) is 25.4 Å². The molecule has 7 unspecified atom stereocenters. The van der Waals surface area contributed by atoms with Crippen LogP contribution in [-0.4, -0.2) is 87.5 Å². The van der Waals surface area contributed by atoms with Crippen molar-refractivity contribution >= 4 is 5.91 Å². The number of hydrogen-bond donors (Lipinski definition) is 6. The number of nitrogens with one attached hydrogen (secondary N) is 1. The van der Waals surface area contributed by atoms with Gasteiger partial charge in [-0.15, -0.1) is 0 Å². The van der Waals surface area contributed by atoms with Gasteiger partial charge in [-0.2, -0.15) is 0 Å². The van der Waals surface area contributed by atoms with Gasteiger partial charge in [0.25, 0.3) is 0 Å². The Balaban J connectivity index is 2.04. The number of hydrogen-bond acceptors (Lipinski definition) is 8. The van der Waals surface area contributed by atoms with Gasteiger partial charge in [0.15, 0.2) is 6.29 Å². The zero-order valence-electron chi connectivity index (χ0n) is 54.7. The van der Waals surface area contributed by atoms with E-state index in [0.29, 0.717) is 6.42 Å². The van der Waals surface area contributed by atoms with E-state index in [1.807, 2.05) is 6.08 Å². The van der Waals surface area contributed by atoms with Crippen LogP contribution in [-0.2, 0) is 14.3 Å². The van der Waals surface area contributed by atoms with Crippen molar-refractivity contribution in [1.29, 1.82) is 0 Å². The van der Waals surface area contributed by atoms with Crippen LogP contribution in [0.5, 0.6) is 0 Å². The summed E-state index contributed by atoms with van der Waals surface area (Å²) in [5.41, 5.74) is 0. The summed E-state index contributed by atoms with van der Waals surface area (Å²) in [6, 6.07) is -0.828. The second kappa shape index (κ2) is 63.2. The van der Waals surface area contributed by atoms with E-state index in [1.165, 1.54) is 295 Å². The van der Waals surface area contributed by atoms with Gasteiger partial charge in [-0.1, -0.05) is 332 Å². The fourth-order valence-electron chi connectivity index (χ4n) is 11.7. The molecule has 0 spiro atoms. The van der Waals surface area contributed by atoms with E-state index in [2.05, 4.69) is 55.6 Å². The SMILES string of the molecule is CCCCCCCCCC/C=C\CCCCCCCCCCCCCCCCCCCCCCCCCCCCCCCC(=O)NC(COC1OC(CO)C(O)C(O)C1O)C(O)/C=C/CC/C=C/CC/C=C/CCCCCCCCCCC. The van der Waals surface area contributed by atoms with Crippen molar-refractivity contribution in [3.8, 4) is 0 Å². The molecular weight excluding hydrogens is 1030 g/mol. The molecule has 6 N–H and O–H groups in total. The largest absolute Gasteiger partial charge is 0.394 e. The van der Waals surface area contributed by atoms with E-state index in [-0.39, 0.29) is 12.5 Å². The smallest absolute Gasteiger partial charge is 0.220 e. The van der Waals surface area contributed by atoms with Gasteiger partial charge in [0, 0.05) is 6.42 Å². The van der Waals surface area contributed by atoms with Crippen LogP contribution in [0.4, 0.5) is 0 Å². The first-order valence-corrected chi connectivity index (χ1v) is 36.4. The highest BCUT2D eigenvalue weighted by Gasteiger charge is 2.44. The molecule has 9 heteroatoms. The van der Waals surface area contributed by atoms with E-state index in [4.69, 9.17) is 9.47 Å². The van der Waals surface area contributed by atoms with Crippen LogP contribution >= 0.6 is 0 Å². The van der Waals surface area contributed by atoms with Crippen LogP contribution in [0.1, 0.15) is 361 Å². The first kappa shape index (κ1) is 79.2. The van der Waals surface area contributed by atoms with E-state index in [9.17, 15) is 30.3 Å². The molecule has 0 aliphatic carbocycles. The number of allylic oxidation sites excluding steroid dienone is 7. The van der Waals surface area contributed by atoms with E-state index in [1.54, 1.807) is 6.08 Å². The zero-order chi connectivity index (χ0) is 60.0. The summed E-state index contributed by atoms with van der Waals surface area (Å²) in [5.74, 6) is -0.184. The predicted octanol–water partition coefficient (Wildman–Crippen LogP) is 20.0. The molecule has 1 saturated heterocycles. The summed E-state index contributed by atoms with van der Waals surface area (Å²) in [7, 11) is 0. The fraction of sp³-hybridized carbons (Fsp3) is 0.878. The number of carbonyl (C=O) groups excluding carboxylic acids is 1. The Morgan fingerprint density at radius 1 is 0.398 bits per heavy atom. The molecule has 83 heavy (non-hydrogen) atoms. The molecule has 488 valence electrons. The summed E-state index contributed by atoms with van der Waals surface area (Å²) in [6.07, 6.45) is 79.7. The van der Waals surface area contributed by atoms with Gasteiger partial charge in [0.1, 0.15) is 24.4 Å². The first-order chi connectivity index (χ1) is 40.8. The molecule has 0 radical (unpaired) electrons. The Morgan fingerprint density at radius 3 is 1.01 bits per heavy atom. The summed E-state index contributed by atoms with van der Waals surface area (Å²) >= 11 is 0. The molecule has 7 atom stereocenters. The van der Waals surface area contributed by atoms with Gasteiger partial charge >= 0.3 is 0 Å². The topological polar surface area (TPSA) is 149 Å². The van der Waals surface area contributed by atoms with Crippen LogP contribution in [0.15, 0.2) is 48.6 Å². The molecule has 1 fully saturated rings. The van der Waals surface area contributed by atoms with Crippen LogP contribution in [0, 0.1) is 0 Å². The quantitative estimate of drug-likeness (QED) is 0.0261. The molecule has 9 nitrogen and oxygen atoms in total. The predicted molar refractivity (Wildman–Crippen MR) is 355 cm³/mol. The highest BCUT2D eigenvalue weighted by atomic mass is 16.7. The van der Waals surface area contributed by atoms with Crippen LogP contribution in [0.25, 0.3) is 0 Å². The molecule has 0 bridgehead atoms. The van der Waals surface area contributed by atoms with E-state index in [0.717, 1.165) is 44.9 Å². The highest BCUT2D eigenvalue weighted by Crippen LogP contribution is 2.23. The summed E-state index contributed by atoms with van der Waals surface area (Å²) in [5, 5.41) is 54.6. The van der Waals surface area contributed by atoms with Crippen LogP contribution < -0.4 is 5.32 Å². The van der Waals surface area contributed by atoms with Crippen molar-refractivity contribution in [3.05, 3.63) is 48.6 Å². The minimum atomic E-state index is -1.58. The third-order valence-corrected chi connectivity index (χ3v) is 17.4. The number of carbonyl (C=O) groups is 1. The van der Waals surface area contributed by atoms with Crippen LogP contribution in [0.3, 0.4) is 0 Å². The molecule has 0 aromatic heterocycles. The number of aliphatic hydroxyl groups is 5. The summed E-state index contributed by atoms with van der Waals surface area (Å²) in [6.45, 7) is 3.79. The number of unbranched alkanes of at least 4 members (excludes halogenated alkanes) is 48. The molecule has 1 aliphatic heterocycles. The molecule has 1 heterocycles. The lowest BCUT2D eigenvalue weighted by Gasteiger charge is -2.40. The van der Waals surface area contributed by atoms with Crippen LogP contribution in [0.2, 0.25) is 0 Å². The van der Waals surface area contributed by atoms with E-state index >= 15 is 0 Å². The molecule has 0 aromatic rings. The standard InChI is InChI=1S/C74H139NO8/c1-3-5-7-9-11-13-15-17-19-21-23-24-25-26-27-28-29-30-31-32-33-34-35-36-37-38-39-40-41-42-43-44-46-48-50-52-54-56-58-60-62-64-70(78)75-67(66-82-74-73(81)72(80)71(79)69(65-76)83-74)68(77)63-61-59-57-55-53-51-49-47-45-22-20-18-16-14-12-10-8-6-4-2/h21,23,45,47,53,55,61,63,67-69,71-74,76-77,79-81H,3-20,22,24-44,46,48-52,54,56-60,62,64-66H2,1-2H3,(H,75,78)/b23-21-,47-45+,55-53+,63-61+. The van der Waals surface area contributed by atoms with Crippen molar-refractivity contribution in [3.63, 3.8) is 0 Å². The lowest BCUT2D eigenvalue weighted by molar-refractivity contribution is -0.302. The molecular formula is C74H139NO8. The lowest BCUT2D eigenvalue weighted by Crippen LogP contribution is -2.60. The second-order valence-electron chi connectivity index (χ2n) is 25.4. The molecule has 0 saturated carbocycles. The number of ether oxygens (including phenoxy) is 2. The Labute approximate surface area is 514 Å². The second-order valence-corrected chi connectivity index (χ2v) is 25.4. The Morgan fingerprint density at radius 2 is 0.687 bits per heavy atom. The third kappa shape index (κ3) is 51.9. The van der Waals surface area contributed by atoms with Gasteiger partial charge in [-0.3, -0.25) is 4.79 Å². The average molecular weight is 1170 g/mol. The Kier molecular flexibility index (Phi) is 60.3. The fourth-order valence-corrected chi connectivity index (χ4v) is 11.7. The van der Waals surface area contributed by atoms with Gasteiger partial charge in [0.2, 0.25) is 5.91 Å². The Hall–Kier alpha value is -1.85. The molecule has 1 amide bonds. The summed E-state index contributed by atoms with van der Waals surface area (Å²) < 4.78 is 11.3. The molecule has 0 aromatic carbocycles. The minimum absolute atomic E-state index is 0.184. The number of rotatable bonds is 64. The minimum Gasteiger partial charge on any atom is -0.394 e. The summed E-state index contributed by atoms with van der Waals surface area (Å²) in [4.78, 5) is 13.1. The molecule has 1 rings (SSSR count). The average Bonchev–Trinajstić information content (AvgIpc) is 3.61.